The maximum atomic E-state index is 13.7. The zero-order valence-electron chi connectivity index (χ0n) is 15.0. The number of carbonyl (C=O) groups excluding carboxylic acids is 1. The van der Waals surface area contributed by atoms with E-state index in [-0.39, 0.29) is 11.9 Å². The molecular formula is C20H18FN5O. The number of hydrogen-bond donors (Lipinski definition) is 1. The molecule has 0 saturated heterocycles. The van der Waals surface area contributed by atoms with Gasteiger partial charge in [0.25, 0.3) is 5.91 Å². The topological polar surface area (TPSA) is 83.1 Å². The fraction of sp³-hybridized carbons (Fsp3) is 0.300. The van der Waals surface area contributed by atoms with Gasteiger partial charge in [0.1, 0.15) is 5.82 Å². The SMILES string of the molecule is Cc1cc(-c2cc(F)ccc2C#N)nn2c(C(=O)NC(C)C3CC3)cnc12. The molecule has 3 aromatic rings. The molecule has 0 radical (unpaired) electrons. The van der Waals surface area contributed by atoms with Gasteiger partial charge in [0.2, 0.25) is 0 Å². The molecule has 7 heteroatoms. The molecule has 2 aromatic heterocycles. The number of imidazole rings is 1. The van der Waals surface area contributed by atoms with Crippen molar-refractivity contribution in [3.63, 3.8) is 0 Å². The summed E-state index contributed by atoms with van der Waals surface area (Å²) in [6.45, 7) is 3.84. The minimum absolute atomic E-state index is 0.0979. The Bertz CT molecular complexity index is 1090. The number of benzene rings is 1. The van der Waals surface area contributed by atoms with Gasteiger partial charge >= 0.3 is 0 Å². The van der Waals surface area contributed by atoms with Crippen LogP contribution in [0.5, 0.6) is 0 Å². The average molecular weight is 363 g/mol. The molecular weight excluding hydrogens is 345 g/mol. The second-order valence-corrected chi connectivity index (χ2v) is 6.99. The van der Waals surface area contributed by atoms with Gasteiger partial charge in [-0.25, -0.2) is 13.9 Å². The maximum absolute atomic E-state index is 13.7. The highest BCUT2D eigenvalue weighted by Gasteiger charge is 2.30. The molecule has 1 amide bonds. The summed E-state index contributed by atoms with van der Waals surface area (Å²) in [5.74, 6) is -0.167. The Hall–Kier alpha value is -3.27. The highest BCUT2D eigenvalue weighted by Crippen LogP contribution is 2.32. The number of rotatable bonds is 4. The second kappa shape index (κ2) is 6.47. The lowest BCUT2D eigenvalue weighted by Crippen LogP contribution is -2.34. The van der Waals surface area contributed by atoms with Gasteiger partial charge < -0.3 is 5.32 Å². The summed E-state index contributed by atoms with van der Waals surface area (Å²) in [5.41, 5.74) is 2.76. The molecule has 6 nitrogen and oxygen atoms in total. The summed E-state index contributed by atoms with van der Waals surface area (Å²) in [7, 11) is 0. The Morgan fingerprint density at radius 3 is 2.89 bits per heavy atom. The lowest BCUT2D eigenvalue weighted by atomic mass is 10.0. The predicted molar refractivity (Wildman–Crippen MR) is 97.5 cm³/mol. The normalized spacial score (nSPS) is 14.7. The van der Waals surface area contributed by atoms with Gasteiger partial charge in [-0.15, -0.1) is 0 Å². The van der Waals surface area contributed by atoms with E-state index in [0.717, 1.165) is 18.4 Å². The molecule has 4 rings (SSSR count). The Kier molecular flexibility index (Phi) is 4.11. The molecule has 1 aromatic carbocycles. The summed E-state index contributed by atoms with van der Waals surface area (Å²) < 4.78 is 15.2. The highest BCUT2D eigenvalue weighted by atomic mass is 19.1. The van der Waals surface area contributed by atoms with Crippen molar-refractivity contribution in [2.75, 3.05) is 0 Å². The summed E-state index contributed by atoms with van der Waals surface area (Å²) in [5, 5.41) is 16.8. The van der Waals surface area contributed by atoms with Crippen LogP contribution in [0.2, 0.25) is 0 Å². The molecule has 1 aliphatic carbocycles. The third-order valence-electron chi connectivity index (χ3n) is 4.95. The number of aryl methyl sites for hydroxylation is 1. The van der Waals surface area contributed by atoms with E-state index in [0.29, 0.717) is 34.1 Å². The smallest absolute Gasteiger partial charge is 0.271 e. The standard InChI is InChI=1S/C20H18FN5O/c1-11-7-17(16-8-15(21)6-5-14(16)9-22)25-26-18(10-23-19(11)26)20(27)24-12(2)13-3-4-13/h5-8,10,12-13H,3-4H2,1-2H3,(H,24,27). The van der Waals surface area contributed by atoms with E-state index in [1.807, 2.05) is 13.8 Å². The van der Waals surface area contributed by atoms with Crippen molar-refractivity contribution in [3.05, 3.63) is 53.1 Å². The molecule has 1 aliphatic rings. The van der Waals surface area contributed by atoms with Crippen LogP contribution in [0.4, 0.5) is 4.39 Å². The Morgan fingerprint density at radius 2 is 2.19 bits per heavy atom. The minimum Gasteiger partial charge on any atom is -0.348 e. The minimum atomic E-state index is -0.453. The third-order valence-corrected chi connectivity index (χ3v) is 4.95. The van der Waals surface area contributed by atoms with Gasteiger partial charge in [-0.1, -0.05) is 0 Å². The number of hydrogen-bond acceptors (Lipinski definition) is 4. The summed E-state index contributed by atoms with van der Waals surface area (Å²) in [4.78, 5) is 17.0. The first-order valence-corrected chi connectivity index (χ1v) is 8.84. The predicted octanol–water partition coefficient (Wildman–Crippen LogP) is 3.24. The van der Waals surface area contributed by atoms with E-state index in [9.17, 15) is 14.4 Å². The monoisotopic (exact) mass is 363 g/mol. The van der Waals surface area contributed by atoms with Crippen molar-refractivity contribution in [2.45, 2.75) is 32.7 Å². The van der Waals surface area contributed by atoms with Crippen molar-refractivity contribution >= 4 is 11.6 Å². The van der Waals surface area contributed by atoms with Gasteiger partial charge in [0.15, 0.2) is 11.3 Å². The summed E-state index contributed by atoms with van der Waals surface area (Å²) >= 11 is 0. The third kappa shape index (κ3) is 3.14. The van der Waals surface area contributed by atoms with Crippen molar-refractivity contribution in [2.24, 2.45) is 5.92 Å². The molecule has 1 N–H and O–H groups in total. The van der Waals surface area contributed by atoms with Gasteiger partial charge in [0, 0.05) is 11.6 Å². The fourth-order valence-corrected chi connectivity index (χ4v) is 3.23. The lowest BCUT2D eigenvalue weighted by molar-refractivity contribution is 0.0928. The highest BCUT2D eigenvalue weighted by molar-refractivity contribution is 5.93. The quantitative estimate of drug-likeness (QED) is 0.771. The van der Waals surface area contributed by atoms with Crippen LogP contribution in [0.1, 0.15) is 41.4 Å². The van der Waals surface area contributed by atoms with Crippen LogP contribution in [0, 0.1) is 30.0 Å². The van der Waals surface area contributed by atoms with Crippen LogP contribution < -0.4 is 5.32 Å². The molecule has 27 heavy (non-hydrogen) atoms. The largest absolute Gasteiger partial charge is 0.348 e. The molecule has 2 heterocycles. The molecule has 1 unspecified atom stereocenters. The van der Waals surface area contributed by atoms with Crippen molar-refractivity contribution in [1.82, 2.24) is 19.9 Å². The van der Waals surface area contributed by atoms with E-state index in [4.69, 9.17) is 0 Å². The van der Waals surface area contributed by atoms with Crippen LogP contribution in [0.25, 0.3) is 16.9 Å². The zero-order chi connectivity index (χ0) is 19.1. The molecule has 1 saturated carbocycles. The van der Waals surface area contributed by atoms with E-state index >= 15 is 0 Å². The van der Waals surface area contributed by atoms with E-state index < -0.39 is 5.82 Å². The molecule has 1 fully saturated rings. The number of nitrogens with one attached hydrogen (secondary N) is 1. The van der Waals surface area contributed by atoms with Gasteiger partial charge in [-0.2, -0.15) is 10.4 Å². The Labute approximate surface area is 155 Å². The molecule has 0 aliphatic heterocycles. The van der Waals surface area contributed by atoms with Gasteiger partial charge in [0.05, 0.1) is 23.5 Å². The van der Waals surface area contributed by atoms with Crippen LogP contribution >= 0.6 is 0 Å². The summed E-state index contributed by atoms with van der Waals surface area (Å²) in [6.07, 6.45) is 3.75. The van der Waals surface area contributed by atoms with Gasteiger partial charge in [-0.05, 0) is 62.4 Å². The molecule has 0 bridgehead atoms. The van der Waals surface area contributed by atoms with E-state index in [1.54, 1.807) is 6.07 Å². The number of halogens is 1. The van der Waals surface area contributed by atoms with Crippen LogP contribution in [0.15, 0.2) is 30.5 Å². The number of carbonyl (C=O) groups is 1. The number of amides is 1. The van der Waals surface area contributed by atoms with Gasteiger partial charge in [-0.3, -0.25) is 4.79 Å². The molecule has 1 atom stereocenters. The molecule has 0 spiro atoms. The number of aromatic nitrogens is 3. The number of fused-ring (bicyclic) bond motifs is 1. The second-order valence-electron chi connectivity index (χ2n) is 6.99. The van der Waals surface area contributed by atoms with E-state index in [1.165, 1.54) is 28.9 Å². The fourth-order valence-electron chi connectivity index (χ4n) is 3.23. The Morgan fingerprint density at radius 1 is 1.41 bits per heavy atom. The Balaban J connectivity index is 1.80. The van der Waals surface area contributed by atoms with Crippen LogP contribution in [-0.2, 0) is 0 Å². The average Bonchev–Trinajstić information content (AvgIpc) is 3.41. The molecule has 136 valence electrons. The lowest BCUT2D eigenvalue weighted by Gasteiger charge is -2.12. The maximum Gasteiger partial charge on any atom is 0.271 e. The first-order chi connectivity index (χ1) is 13.0. The number of nitrogens with zero attached hydrogens (tertiary/aromatic N) is 4. The summed E-state index contributed by atoms with van der Waals surface area (Å²) in [6, 6.07) is 7.83. The van der Waals surface area contributed by atoms with Crippen molar-refractivity contribution < 1.29 is 9.18 Å². The van der Waals surface area contributed by atoms with Crippen LogP contribution in [-0.4, -0.2) is 26.5 Å². The van der Waals surface area contributed by atoms with Crippen molar-refractivity contribution in [1.29, 1.82) is 5.26 Å². The first-order valence-electron chi connectivity index (χ1n) is 8.84. The van der Waals surface area contributed by atoms with E-state index in [2.05, 4.69) is 21.5 Å². The zero-order valence-corrected chi connectivity index (χ0v) is 15.0. The van der Waals surface area contributed by atoms with Crippen LogP contribution in [0.3, 0.4) is 0 Å². The number of nitriles is 1. The van der Waals surface area contributed by atoms with Crippen molar-refractivity contribution in [3.8, 4) is 17.3 Å². The first kappa shape index (κ1) is 17.2.